The lowest BCUT2D eigenvalue weighted by Crippen LogP contribution is -2.33. The molecule has 3 aromatic rings. The van der Waals surface area contributed by atoms with Gasteiger partial charge in [-0.1, -0.05) is 42.5 Å². The van der Waals surface area contributed by atoms with Gasteiger partial charge in [-0.05, 0) is 36.4 Å². The van der Waals surface area contributed by atoms with Crippen LogP contribution in [0.2, 0.25) is 0 Å². The molecule has 1 heterocycles. The molecule has 0 aliphatic heterocycles. The first kappa shape index (κ1) is 15.1. The smallest absolute Gasteiger partial charge is 0.501 e. The second-order valence-corrected chi connectivity index (χ2v) is 4.78. The highest BCUT2D eigenvalue weighted by Crippen LogP contribution is 2.15. The van der Waals surface area contributed by atoms with E-state index in [1.54, 1.807) is 6.20 Å². The van der Waals surface area contributed by atoms with E-state index in [1.165, 1.54) is 0 Å². The number of pyridine rings is 1. The minimum atomic E-state index is -0.859. The topological polar surface area (TPSA) is 40.6 Å². The van der Waals surface area contributed by atoms with Crippen LogP contribution < -0.4 is 9.31 Å². The van der Waals surface area contributed by atoms with Crippen LogP contribution >= 0.6 is 0 Å². The summed E-state index contributed by atoms with van der Waals surface area (Å²) in [7, 11) is -0.859. The maximum absolute atomic E-state index is 5.77. The number of hydrogen-bond acceptors (Lipinski definition) is 4. The quantitative estimate of drug-likeness (QED) is 0.623. The van der Waals surface area contributed by atoms with Crippen LogP contribution in [0.25, 0.3) is 0 Å². The highest BCUT2D eigenvalue weighted by Gasteiger charge is 2.27. The molecule has 0 amide bonds. The SMILES string of the molecule is c1ccc(OB(OCc2ccccn2)Oc2ccccc2)cc1. The van der Waals surface area contributed by atoms with Crippen molar-refractivity contribution in [1.29, 1.82) is 0 Å². The lowest BCUT2D eigenvalue weighted by molar-refractivity contribution is 0.189. The van der Waals surface area contributed by atoms with Gasteiger partial charge in [-0.25, -0.2) is 0 Å². The van der Waals surface area contributed by atoms with Gasteiger partial charge < -0.3 is 14.0 Å². The summed E-state index contributed by atoms with van der Waals surface area (Å²) >= 11 is 0. The summed E-state index contributed by atoms with van der Waals surface area (Å²) in [5, 5.41) is 0. The van der Waals surface area contributed by atoms with Crippen LogP contribution in [-0.4, -0.2) is 12.3 Å². The zero-order valence-corrected chi connectivity index (χ0v) is 12.5. The molecule has 0 aliphatic carbocycles. The molecule has 0 saturated carbocycles. The van der Waals surface area contributed by atoms with Crippen molar-refractivity contribution in [2.75, 3.05) is 0 Å². The zero-order valence-electron chi connectivity index (χ0n) is 12.5. The van der Waals surface area contributed by atoms with Gasteiger partial charge in [0.25, 0.3) is 0 Å². The van der Waals surface area contributed by atoms with E-state index in [-0.39, 0.29) is 0 Å². The molecule has 0 bridgehead atoms. The van der Waals surface area contributed by atoms with Crippen LogP contribution in [0.1, 0.15) is 5.69 Å². The van der Waals surface area contributed by atoms with Crippen molar-refractivity contribution in [2.45, 2.75) is 6.61 Å². The van der Waals surface area contributed by atoms with Crippen LogP contribution in [0.5, 0.6) is 11.5 Å². The molecule has 1 aromatic heterocycles. The van der Waals surface area contributed by atoms with E-state index in [4.69, 9.17) is 14.0 Å². The van der Waals surface area contributed by atoms with Crippen molar-refractivity contribution in [2.24, 2.45) is 0 Å². The molecule has 0 radical (unpaired) electrons. The van der Waals surface area contributed by atoms with Gasteiger partial charge in [0.2, 0.25) is 0 Å². The van der Waals surface area contributed by atoms with Crippen LogP contribution in [0, 0.1) is 0 Å². The fourth-order valence-corrected chi connectivity index (χ4v) is 1.95. The van der Waals surface area contributed by atoms with Crippen molar-refractivity contribution in [3.8, 4) is 11.5 Å². The third kappa shape index (κ3) is 4.86. The molecule has 0 unspecified atom stereocenters. The largest absolute Gasteiger partial charge is 0.788 e. The Hall–Kier alpha value is -2.79. The fourth-order valence-electron chi connectivity index (χ4n) is 1.95. The Morgan fingerprint density at radius 2 is 1.26 bits per heavy atom. The summed E-state index contributed by atoms with van der Waals surface area (Å²) in [5.41, 5.74) is 0.811. The van der Waals surface area contributed by atoms with E-state index in [0.717, 1.165) is 5.69 Å². The molecule has 0 N–H and O–H groups in total. The summed E-state index contributed by atoms with van der Waals surface area (Å²) in [4.78, 5) is 4.23. The Morgan fingerprint density at radius 3 is 1.78 bits per heavy atom. The third-order valence-electron chi connectivity index (χ3n) is 3.04. The van der Waals surface area contributed by atoms with Gasteiger partial charge in [0.05, 0.1) is 12.3 Å². The van der Waals surface area contributed by atoms with E-state index in [9.17, 15) is 0 Å². The van der Waals surface area contributed by atoms with Crippen molar-refractivity contribution < 1.29 is 14.0 Å². The lowest BCUT2D eigenvalue weighted by atomic mass is 10.2. The van der Waals surface area contributed by atoms with Gasteiger partial charge >= 0.3 is 7.32 Å². The van der Waals surface area contributed by atoms with Crippen LogP contribution in [0.15, 0.2) is 85.1 Å². The minimum absolute atomic E-state index is 0.297. The Morgan fingerprint density at radius 1 is 0.696 bits per heavy atom. The van der Waals surface area contributed by atoms with E-state index in [0.29, 0.717) is 18.1 Å². The molecular weight excluding hydrogens is 289 g/mol. The van der Waals surface area contributed by atoms with E-state index in [2.05, 4.69) is 4.98 Å². The van der Waals surface area contributed by atoms with Crippen molar-refractivity contribution in [3.63, 3.8) is 0 Å². The molecule has 114 valence electrons. The predicted molar refractivity (Wildman–Crippen MR) is 88.9 cm³/mol. The number of nitrogens with zero attached hydrogens (tertiary/aromatic N) is 1. The van der Waals surface area contributed by atoms with Crippen molar-refractivity contribution in [3.05, 3.63) is 90.8 Å². The van der Waals surface area contributed by atoms with Gasteiger partial charge in [-0.3, -0.25) is 4.98 Å². The van der Waals surface area contributed by atoms with Crippen molar-refractivity contribution in [1.82, 2.24) is 4.98 Å². The fraction of sp³-hybridized carbons (Fsp3) is 0.0556. The van der Waals surface area contributed by atoms with Gasteiger partial charge in [0.15, 0.2) is 0 Å². The van der Waals surface area contributed by atoms with E-state index < -0.39 is 7.32 Å². The van der Waals surface area contributed by atoms with Gasteiger partial charge in [-0.15, -0.1) is 0 Å². The highest BCUT2D eigenvalue weighted by molar-refractivity contribution is 6.38. The maximum Gasteiger partial charge on any atom is 0.788 e. The summed E-state index contributed by atoms with van der Waals surface area (Å²) in [6.45, 7) is 0.297. The molecule has 0 atom stereocenters. The molecule has 0 aliphatic rings. The van der Waals surface area contributed by atoms with Gasteiger partial charge in [0.1, 0.15) is 11.5 Å². The number of hydrogen-bond donors (Lipinski definition) is 0. The Balaban J connectivity index is 1.67. The summed E-state index contributed by atoms with van der Waals surface area (Å²) < 4.78 is 17.3. The first-order valence-electron chi connectivity index (χ1n) is 7.35. The second kappa shape index (κ2) is 8.01. The average molecular weight is 305 g/mol. The molecule has 3 rings (SSSR count). The molecule has 2 aromatic carbocycles. The van der Waals surface area contributed by atoms with E-state index in [1.807, 2.05) is 78.9 Å². The monoisotopic (exact) mass is 305 g/mol. The average Bonchev–Trinajstić information content (AvgIpc) is 2.62. The Bertz CT molecular complexity index is 654. The minimum Gasteiger partial charge on any atom is -0.501 e. The predicted octanol–water partition coefficient (Wildman–Crippen LogP) is 3.74. The Labute approximate surface area is 135 Å². The van der Waals surface area contributed by atoms with E-state index >= 15 is 0 Å². The highest BCUT2D eigenvalue weighted by atomic mass is 16.7. The van der Waals surface area contributed by atoms with Crippen LogP contribution in [-0.2, 0) is 11.3 Å². The molecule has 0 spiro atoms. The van der Waals surface area contributed by atoms with Gasteiger partial charge in [0, 0.05) is 6.20 Å². The standard InChI is InChI=1S/C18H16BNO3/c1-3-10-17(11-4-1)22-19(23-18-12-5-2-6-13-18)21-15-16-9-7-8-14-20-16/h1-14H,15H2. The molecule has 0 saturated heterocycles. The van der Waals surface area contributed by atoms with Gasteiger partial charge in [-0.2, -0.15) is 0 Å². The third-order valence-corrected chi connectivity index (χ3v) is 3.04. The van der Waals surface area contributed by atoms with Crippen LogP contribution in [0.3, 0.4) is 0 Å². The first-order chi connectivity index (χ1) is 11.4. The maximum atomic E-state index is 5.77. The number of rotatable bonds is 7. The Kier molecular flexibility index (Phi) is 5.27. The zero-order chi connectivity index (χ0) is 15.7. The number of para-hydroxylation sites is 2. The molecule has 0 fully saturated rings. The first-order valence-corrected chi connectivity index (χ1v) is 7.35. The number of aromatic nitrogens is 1. The normalized spacial score (nSPS) is 10.1. The summed E-state index contributed by atoms with van der Waals surface area (Å²) in [6, 6.07) is 24.5. The molecular formula is C18H16BNO3. The van der Waals surface area contributed by atoms with Crippen molar-refractivity contribution >= 4 is 7.32 Å². The summed E-state index contributed by atoms with van der Waals surface area (Å²) in [5.74, 6) is 1.35. The molecule has 4 nitrogen and oxygen atoms in total. The molecule has 5 heteroatoms. The van der Waals surface area contributed by atoms with Crippen LogP contribution in [0.4, 0.5) is 0 Å². The number of benzene rings is 2. The second-order valence-electron chi connectivity index (χ2n) is 4.78. The summed E-state index contributed by atoms with van der Waals surface area (Å²) in [6.07, 6.45) is 1.73. The molecule has 23 heavy (non-hydrogen) atoms. The lowest BCUT2D eigenvalue weighted by Gasteiger charge is -2.15.